The Morgan fingerprint density at radius 2 is 0.441 bits per heavy atom. The molecule has 0 aliphatic heterocycles. The summed E-state index contributed by atoms with van der Waals surface area (Å²) < 4.78 is 7.55. The summed E-state index contributed by atoms with van der Waals surface area (Å²) in [6, 6.07) is 96.2. The van der Waals surface area contributed by atoms with E-state index in [1.54, 1.807) is 0 Å². The zero-order chi connectivity index (χ0) is 62.6. The minimum Gasteiger partial charge on any atom is -0.308 e. The quantitative estimate of drug-likeness (QED) is 0.136. The zero-order valence-corrected chi connectivity index (χ0v) is 52.5. The van der Waals surface area contributed by atoms with E-state index >= 15 is 0 Å². The maximum atomic E-state index is 6.03. The Morgan fingerprint density at radius 3 is 0.731 bits per heavy atom. The average molecular weight is 1200 g/mol. The van der Waals surface area contributed by atoms with Gasteiger partial charge in [-0.25, -0.2) is 24.9 Å². The summed E-state index contributed by atoms with van der Waals surface area (Å²) in [5.74, 6) is 2.05. The predicted octanol–water partition coefficient (Wildman–Crippen LogP) is 21.5. The summed E-state index contributed by atoms with van der Waals surface area (Å²) >= 11 is 0. The Bertz CT molecular complexity index is 5280. The van der Waals surface area contributed by atoms with Crippen LogP contribution >= 0.6 is 0 Å². The molecule has 8 heteroatoms. The van der Waals surface area contributed by atoms with E-state index in [2.05, 4.69) is 310 Å². The van der Waals surface area contributed by atoms with Crippen LogP contribution < -0.4 is 0 Å². The number of fused-ring (bicyclic) bond motifs is 9. The summed E-state index contributed by atoms with van der Waals surface area (Å²) in [5.41, 5.74) is 24.2. The van der Waals surface area contributed by atoms with Crippen LogP contribution in [0.1, 0.15) is 33.4 Å². The molecule has 442 valence electrons. The summed E-state index contributed by atoms with van der Waals surface area (Å²) in [5, 5.41) is 6.76. The average Bonchev–Trinajstić information content (AvgIpc) is 1.65. The maximum Gasteiger partial charge on any atom is 0.168 e. The van der Waals surface area contributed by atoms with Crippen molar-refractivity contribution in [3.8, 4) is 96.3 Å². The fourth-order valence-electron chi connectivity index (χ4n) is 14.2. The van der Waals surface area contributed by atoms with Gasteiger partial charge < -0.3 is 13.7 Å². The molecule has 5 aromatic heterocycles. The van der Waals surface area contributed by atoms with Gasteiger partial charge in [-0.2, -0.15) is 0 Å². The Balaban J connectivity index is 1.24. The van der Waals surface area contributed by atoms with Crippen molar-refractivity contribution in [2.45, 2.75) is 41.5 Å². The summed E-state index contributed by atoms with van der Waals surface area (Å²) in [7, 11) is 0. The number of nitrogens with zero attached hydrogens (tertiary/aromatic N) is 8. The monoisotopic (exact) mass is 1190 g/mol. The lowest BCUT2D eigenvalue weighted by molar-refractivity contribution is 1.04. The molecular formula is C85H62N8. The highest BCUT2D eigenvalue weighted by Crippen LogP contribution is 2.55. The molecule has 0 saturated heterocycles. The van der Waals surface area contributed by atoms with Crippen molar-refractivity contribution >= 4 is 65.4 Å². The highest BCUT2D eigenvalue weighted by molar-refractivity contribution is 6.18. The highest BCUT2D eigenvalue weighted by Gasteiger charge is 2.37. The summed E-state index contributed by atoms with van der Waals surface area (Å²) in [6.07, 6.45) is 0. The van der Waals surface area contributed by atoms with Crippen molar-refractivity contribution < 1.29 is 0 Å². The summed E-state index contributed by atoms with van der Waals surface area (Å²) in [4.78, 5) is 29.4. The van der Waals surface area contributed by atoms with Gasteiger partial charge in [0.25, 0.3) is 0 Å². The third kappa shape index (κ3) is 9.24. The van der Waals surface area contributed by atoms with Crippen molar-refractivity contribution in [1.29, 1.82) is 0 Å². The van der Waals surface area contributed by atoms with E-state index in [1.807, 2.05) is 12.1 Å². The highest BCUT2D eigenvalue weighted by atomic mass is 15.1. The molecule has 0 amide bonds. The standard InChI is InChI=1S/C85H62N8/c1-51-32-38-70-62(44-51)63-45-52(2)33-39-71(63)91(70)79-76(59-26-16-9-17-27-59)80(92-72-40-34-53(3)46-64(72)65-47-54(4)35-41-73(65)92)78(85-89-82(60-28-18-10-19-29-60)88-83(90-85)61-30-20-11-21-31-61)81(93-74-42-36-55(5)48-66(74)67-49-56(6)37-43-75(67)93)77(79)84-86-68(57-22-12-7-13-23-57)50-69(87-84)58-24-14-8-15-25-58/h7-50H,1-6H3. The molecule has 12 aromatic carbocycles. The Hall–Kier alpha value is -11.9. The fourth-order valence-corrected chi connectivity index (χ4v) is 14.2. The lowest BCUT2D eigenvalue weighted by Gasteiger charge is -2.30. The minimum absolute atomic E-state index is 0.470. The largest absolute Gasteiger partial charge is 0.308 e. The molecule has 0 bridgehead atoms. The van der Waals surface area contributed by atoms with Gasteiger partial charge in [-0.1, -0.05) is 221 Å². The second kappa shape index (κ2) is 22.0. The van der Waals surface area contributed by atoms with Gasteiger partial charge in [0.15, 0.2) is 23.3 Å². The number of hydrogen-bond acceptors (Lipinski definition) is 5. The number of aryl methyl sites for hydroxylation is 6. The number of rotatable bonds is 10. The Kier molecular flexibility index (Phi) is 13.0. The molecule has 0 aliphatic rings. The smallest absolute Gasteiger partial charge is 0.168 e. The topological polar surface area (TPSA) is 79.2 Å². The molecule has 0 unspecified atom stereocenters. The first-order valence-electron chi connectivity index (χ1n) is 31.8. The van der Waals surface area contributed by atoms with Gasteiger partial charge in [0, 0.05) is 60.1 Å². The number of hydrogen-bond donors (Lipinski definition) is 0. The van der Waals surface area contributed by atoms with E-state index in [9.17, 15) is 0 Å². The SMILES string of the molecule is Cc1ccc2c(c1)c1cc(C)ccc1n2-c1c(-c2ccccc2)c(-n2c3ccc(C)cc3c3cc(C)ccc32)c(-c2nc(-c3ccccc3)nc(-c3ccccc3)n2)c(-n2c3ccc(C)cc3c3cc(C)ccc32)c1-c1nc(-c2ccccc2)cc(-c2ccccc2)n1. The van der Waals surface area contributed by atoms with Crippen LogP contribution in [0, 0.1) is 41.5 Å². The number of aromatic nitrogens is 8. The van der Waals surface area contributed by atoms with Gasteiger partial charge in [0.1, 0.15) is 0 Å². The van der Waals surface area contributed by atoms with E-state index in [4.69, 9.17) is 24.9 Å². The van der Waals surface area contributed by atoms with E-state index in [0.717, 1.165) is 161 Å². The van der Waals surface area contributed by atoms with Crippen LogP contribution in [0.15, 0.2) is 267 Å². The number of benzene rings is 12. The second-order valence-corrected chi connectivity index (χ2v) is 24.9. The van der Waals surface area contributed by atoms with E-state index in [1.165, 1.54) is 11.1 Å². The van der Waals surface area contributed by atoms with Crippen molar-refractivity contribution in [2.24, 2.45) is 0 Å². The first-order chi connectivity index (χ1) is 45.6. The van der Waals surface area contributed by atoms with Crippen molar-refractivity contribution in [3.63, 3.8) is 0 Å². The van der Waals surface area contributed by atoms with E-state index in [-0.39, 0.29) is 0 Å². The van der Waals surface area contributed by atoms with Crippen LogP contribution in [0.4, 0.5) is 0 Å². The molecule has 17 aromatic rings. The lowest BCUT2D eigenvalue weighted by atomic mass is 9.89. The van der Waals surface area contributed by atoms with Crippen molar-refractivity contribution in [1.82, 2.24) is 38.6 Å². The zero-order valence-electron chi connectivity index (χ0n) is 52.5. The third-order valence-corrected chi connectivity index (χ3v) is 18.4. The predicted molar refractivity (Wildman–Crippen MR) is 385 cm³/mol. The Labute approximate surface area is 539 Å². The molecule has 17 rings (SSSR count). The van der Waals surface area contributed by atoms with Crippen LogP contribution in [-0.4, -0.2) is 38.6 Å². The van der Waals surface area contributed by atoms with Crippen molar-refractivity contribution in [2.75, 3.05) is 0 Å². The van der Waals surface area contributed by atoms with Crippen LogP contribution in [0.5, 0.6) is 0 Å². The molecular weight excluding hydrogens is 1130 g/mol. The van der Waals surface area contributed by atoms with Gasteiger partial charge in [0.05, 0.1) is 72.7 Å². The second-order valence-electron chi connectivity index (χ2n) is 24.9. The first-order valence-corrected chi connectivity index (χ1v) is 31.8. The maximum absolute atomic E-state index is 6.03. The van der Waals surface area contributed by atoms with Gasteiger partial charge in [-0.15, -0.1) is 0 Å². The van der Waals surface area contributed by atoms with Crippen LogP contribution in [0.25, 0.3) is 162 Å². The molecule has 5 heterocycles. The minimum atomic E-state index is 0.470. The van der Waals surface area contributed by atoms with E-state index in [0.29, 0.717) is 23.3 Å². The lowest BCUT2D eigenvalue weighted by Crippen LogP contribution is -2.15. The molecule has 0 aliphatic carbocycles. The molecule has 0 radical (unpaired) electrons. The van der Waals surface area contributed by atoms with Crippen molar-refractivity contribution in [3.05, 3.63) is 300 Å². The van der Waals surface area contributed by atoms with E-state index < -0.39 is 0 Å². The normalized spacial score (nSPS) is 11.8. The van der Waals surface area contributed by atoms with Gasteiger partial charge in [-0.05, 0) is 126 Å². The molecule has 8 nitrogen and oxygen atoms in total. The molecule has 0 saturated carbocycles. The molecule has 0 spiro atoms. The van der Waals surface area contributed by atoms with Crippen LogP contribution in [0.3, 0.4) is 0 Å². The molecule has 93 heavy (non-hydrogen) atoms. The molecule has 0 N–H and O–H groups in total. The van der Waals surface area contributed by atoms with Gasteiger partial charge >= 0.3 is 0 Å². The van der Waals surface area contributed by atoms with Gasteiger partial charge in [-0.3, -0.25) is 0 Å². The fraction of sp³-hybridized carbons (Fsp3) is 0.0706. The molecule has 0 fully saturated rings. The van der Waals surface area contributed by atoms with Crippen LogP contribution in [0.2, 0.25) is 0 Å². The van der Waals surface area contributed by atoms with Gasteiger partial charge in [0.2, 0.25) is 0 Å². The Morgan fingerprint density at radius 1 is 0.204 bits per heavy atom. The first kappa shape index (κ1) is 55.2. The third-order valence-electron chi connectivity index (χ3n) is 18.4. The summed E-state index contributed by atoms with van der Waals surface area (Å²) in [6.45, 7) is 13.1. The molecule has 0 atom stereocenters. The van der Waals surface area contributed by atoms with Crippen LogP contribution in [-0.2, 0) is 0 Å².